The third-order valence-electron chi connectivity index (χ3n) is 6.21. The predicted molar refractivity (Wildman–Crippen MR) is 136 cm³/mol. The van der Waals surface area contributed by atoms with Gasteiger partial charge in [-0.25, -0.2) is 0 Å². The number of carbonyl (C=O) groups excluding carboxylic acids is 3. The molecule has 0 aromatic heterocycles. The summed E-state index contributed by atoms with van der Waals surface area (Å²) in [7, 11) is 7.12. The van der Waals surface area contributed by atoms with Crippen LogP contribution in [0, 0.1) is 17.8 Å². The average Bonchev–Trinajstić information content (AvgIpc) is 2.64. The topological polar surface area (TPSA) is 88.2 Å². The number of likely N-dealkylation sites (N-methyl/N-ethyl adjacent to an activating group) is 2. The van der Waals surface area contributed by atoms with Crippen LogP contribution >= 0.6 is 0 Å². The largest absolute Gasteiger partial charge is 0.460 e. The molecule has 8 heteroatoms. The fraction of sp³-hybridized carbons (Fsp3) is 0.885. The quantitative estimate of drug-likeness (QED) is 0.400. The summed E-state index contributed by atoms with van der Waals surface area (Å²) in [6, 6.07) is -1.22. The smallest absolute Gasteiger partial charge is 0.309 e. The Labute approximate surface area is 208 Å². The molecule has 0 spiro atoms. The molecule has 34 heavy (non-hydrogen) atoms. The van der Waals surface area contributed by atoms with Gasteiger partial charge in [-0.3, -0.25) is 29.5 Å². The van der Waals surface area contributed by atoms with Gasteiger partial charge >= 0.3 is 5.97 Å². The van der Waals surface area contributed by atoms with E-state index in [2.05, 4.69) is 19.2 Å². The van der Waals surface area contributed by atoms with E-state index in [1.807, 2.05) is 79.4 Å². The minimum atomic E-state index is -0.590. The highest BCUT2D eigenvalue weighted by Crippen LogP contribution is 2.26. The molecule has 0 heterocycles. The van der Waals surface area contributed by atoms with Crippen molar-refractivity contribution >= 4 is 17.8 Å². The molecule has 8 nitrogen and oxygen atoms in total. The van der Waals surface area contributed by atoms with E-state index in [1.54, 1.807) is 7.11 Å². The second-order valence-electron chi connectivity index (χ2n) is 11.3. The van der Waals surface area contributed by atoms with Crippen molar-refractivity contribution < 1.29 is 23.9 Å². The van der Waals surface area contributed by atoms with Crippen LogP contribution in [0.3, 0.4) is 0 Å². The van der Waals surface area contributed by atoms with Gasteiger partial charge in [0.15, 0.2) is 0 Å². The summed E-state index contributed by atoms with van der Waals surface area (Å²) in [5.41, 5.74) is -0.590. The molecule has 0 saturated carbocycles. The Morgan fingerprint density at radius 1 is 0.882 bits per heavy atom. The summed E-state index contributed by atoms with van der Waals surface area (Å²) in [6.07, 6.45) is 0.448. The number of hydrogen-bond acceptors (Lipinski definition) is 7. The number of rotatable bonds is 13. The van der Waals surface area contributed by atoms with Crippen LogP contribution in [0.5, 0.6) is 0 Å². The molecule has 5 atom stereocenters. The van der Waals surface area contributed by atoms with E-state index in [-0.39, 0.29) is 48.0 Å². The number of ether oxygens (including phenoxy) is 2. The molecule has 2 amide bonds. The third kappa shape index (κ3) is 10.0. The van der Waals surface area contributed by atoms with E-state index in [1.165, 1.54) is 0 Å². The Hall–Kier alpha value is -1.51. The maximum Gasteiger partial charge on any atom is 0.309 e. The second-order valence-corrected chi connectivity index (χ2v) is 11.3. The van der Waals surface area contributed by atoms with Gasteiger partial charge in [0.05, 0.1) is 24.6 Å². The van der Waals surface area contributed by atoms with Crippen LogP contribution < -0.4 is 5.32 Å². The minimum Gasteiger partial charge on any atom is -0.460 e. The molecule has 0 rings (SSSR count). The lowest BCUT2D eigenvalue weighted by molar-refractivity contribution is -0.159. The number of imide groups is 1. The molecule has 0 radical (unpaired) electrons. The van der Waals surface area contributed by atoms with Crippen molar-refractivity contribution in [3.63, 3.8) is 0 Å². The Balaban J connectivity index is 5.94. The van der Waals surface area contributed by atoms with Crippen molar-refractivity contribution in [3.8, 4) is 0 Å². The fourth-order valence-corrected chi connectivity index (χ4v) is 4.71. The van der Waals surface area contributed by atoms with Crippen molar-refractivity contribution in [1.82, 2.24) is 15.1 Å². The number of carbonyl (C=O) groups is 3. The zero-order valence-electron chi connectivity index (χ0n) is 23.9. The van der Waals surface area contributed by atoms with Gasteiger partial charge in [0.2, 0.25) is 11.8 Å². The lowest BCUT2D eigenvalue weighted by atomic mass is 9.88. The van der Waals surface area contributed by atoms with Gasteiger partial charge in [0, 0.05) is 13.2 Å². The van der Waals surface area contributed by atoms with Gasteiger partial charge in [0.25, 0.3) is 0 Å². The maximum atomic E-state index is 13.4. The molecule has 0 fully saturated rings. The Morgan fingerprint density at radius 2 is 1.35 bits per heavy atom. The van der Waals surface area contributed by atoms with Gasteiger partial charge in [-0.1, -0.05) is 48.0 Å². The fourth-order valence-electron chi connectivity index (χ4n) is 4.71. The highest BCUT2D eigenvalue weighted by atomic mass is 16.6. The molecule has 1 N–H and O–H groups in total. The van der Waals surface area contributed by atoms with E-state index in [9.17, 15) is 14.4 Å². The minimum absolute atomic E-state index is 0.0533. The number of methoxy groups -OCH3 is 1. The molecular weight excluding hydrogens is 434 g/mol. The summed E-state index contributed by atoms with van der Waals surface area (Å²) in [4.78, 5) is 42.7. The Kier molecular flexibility index (Phi) is 13.5. The van der Waals surface area contributed by atoms with E-state index >= 15 is 0 Å². The number of nitrogens with zero attached hydrogens (tertiary/aromatic N) is 2. The first-order valence-corrected chi connectivity index (χ1v) is 12.5. The number of esters is 1. The van der Waals surface area contributed by atoms with Crippen molar-refractivity contribution in [2.24, 2.45) is 17.8 Å². The highest BCUT2D eigenvalue weighted by molar-refractivity contribution is 6.00. The van der Waals surface area contributed by atoms with Crippen LogP contribution in [0.1, 0.15) is 75.2 Å². The van der Waals surface area contributed by atoms with Crippen molar-refractivity contribution in [2.45, 2.75) is 105 Å². The molecule has 200 valence electrons. The second kappa shape index (κ2) is 14.1. The standard InChI is InChI=1S/C26H51N3O5/c1-14-18(6)23(19(33-13)15-20(30)34-26(7,8)9)29(12)22(17(4)5)25(32)27-24(31)21(16(2)3)28(10)11/h16-19,21-23H,14-15H2,1-13H3,(H,27,31,32)/t18-,19+,21-,22-,23-/m0/s1. The maximum absolute atomic E-state index is 13.4. The van der Waals surface area contributed by atoms with Crippen LogP contribution in [-0.4, -0.2) is 85.7 Å². The highest BCUT2D eigenvalue weighted by Gasteiger charge is 2.40. The Bertz CT molecular complexity index is 649. The average molecular weight is 486 g/mol. The van der Waals surface area contributed by atoms with Crippen molar-refractivity contribution in [2.75, 3.05) is 28.3 Å². The zero-order valence-corrected chi connectivity index (χ0v) is 23.9. The summed E-state index contributed by atoms with van der Waals surface area (Å²) >= 11 is 0. The zero-order chi connectivity index (χ0) is 27.0. The van der Waals surface area contributed by atoms with Crippen molar-refractivity contribution in [3.05, 3.63) is 0 Å². The molecule has 0 aromatic rings. The van der Waals surface area contributed by atoms with Gasteiger partial charge in [-0.15, -0.1) is 0 Å². The van der Waals surface area contributed by atoms with Gasteiger partial charge in [-0.05, 0) is 59.7 Å². The molecule has 0 bridgehead atoms. The third-order valence-corrected chi connectivity index (χ3v) is 6.21. The molecular formula is C26H51N3O5. The molecule has 0 saturated heterocycles. The van der Waals surface area contributed by atoms with E-state index < -0.39 is 23.8 Å². The molecule has 0 unspecified atom stereocenters. The first kappa shape index (κ1) is 32.5. The normalized spacial score (nSPS) is 17.0. The van der Waals surface area contributed by atoms with Crippen LogP contribution in [-0.2, 0) is 23.9 Å². The molecule has 0 aromatic carbocycles. The lowest BCUT2D eigenvalue weighted by Gasteiger charge is -2.42. The monoisotopic (exact) mass is 485 g/mol. The van der Waals surface area contributed by atoms with Crippen molar-refractivity contribution in [1.29, 1.82) is 0 Å². The number of hydrogen-bond donors (Lipinski definition) is 1. The predicted octanol–water partition coefficient (Wildman–Crippen LogP) is 3.33. The van der Waals surface area contributed by atoms with Crippen LogP contribution in [0.25, 0.3) is 0 Å². The van der Waals surface area contributed by atoms with E-state index in [0.29, 0.717) is 0 Å². The van der Waals surface area contributed by atoms with Gasteiger partial charge in [-0.2, -0.15) is 0 Å². The molecule has 0 aliphatic carbocycles. The number of amides is 2. The first-order chi connectivity index (χ1) is 15.5. The summed E-state index contributed by atoms with van der Waals surface area (Å²) in [5, 5.41) is 2.65. The van der Waals surface area contributed by atoms with Crippen LogP contribution in [0.15, 0.2) is 0 Å². The summed E-state index contributed by atoms with van der Waals surface area (Å²) in [6.45, 7) is 17.5. The molecule has 0 aliphatic heterocycles. The summed E-state index contributed by atoms with van der Waals surface area (Å²) < 4.78 is 11.3. The SMILES string of the molecule is CC[C@H](C)[C@@H]([C@@H](CC(=O)OC(C)(C)C)OC)N(C)[C@H](C(=O)NC(=O)[C@H](C(C)C)N(C)C)C(C)C. The van der Waals surface area contributed by atoms with Gasteiger partial charge < -0.3 is 9.47 Å². The first-order valence-electron chi connectivity index (χ1n) is 12.5. The molecule has 0 aliphatic rings. The van der Waals surface area contributed by atoms with Crippen LogP contribution in [0.2, 0.25) is 0 Å². The number of nitrogens with one attached hydrogen (secondary N) is 1. The lowest BCUT2D eigenvalue weighted by Crippen LogP contribution is -2.59. The van der Waals surface area contributed by atoms with Crippen LogP contribution in [0.4, 0.5) is 0 Å². The van der Waals surface area contributed by atoms with Gasteiger partial charge in [0.1, 0.15) is 5.60 Å². The van der Waals surface area contributed by atoms with E-state index in [4.69, 9.17) is 9.47 Å². The summed E-state index contributed by atoms with van der Waals surface area (Å²) in [5.74, 6) is -0.866. The Morgan fingerprint density at radius 3 is 1.71 bits per heavy atom. The van der Waals surface area contributed by atoms with E-state index in [0.717, 1.165) is 6.42 Å².